The second-order valence-electron chi connectivity index (χ2n) is 5.46. The highest BCUT2D eigenvalue weighted by Gasteiger charge is 2.07. The zero-order chi connectivity index (χ0) is 14.8. The Bertz CT molecular complexity index is 369. The number of benzene rings is 1. The molecule has 2 N–H and O–H groups in total. The maximum atomic E-state index is 5.72. The molecule has 20 heavy (non-hydrogen) atoms. The molecule has 4 nitrogen and oxygen atoms in total. The molecule has 0 radical (unpaired) electrons. The summed E-state index contributed by atoms with van der Waals surface area (Å²) in [6.45, 7) is 9.08. The van der Waals surface area contributed by atoms with Gasteiger partial charge in [0.05, 0.1) is 13.2 Å². The molecule has 1 aromatic rings. The van der Waals surface area contributed by atoms with E-state index >= 15 is 0 Å². The average Bonchev–Trinajstić information content (AvgIpc) is 2.40. The summed E-state index contributed by atoms with van der Waals surface area (Å²) < 4.78 is 10.9. The van der Waals surface area contributed by atoms with Gasteiger partial charge < -0.3 is 20.1 Å². The van der Waals surface area contributed by atoms with Gasteiger partial charge in [-0.3, -0.25) is 0 Å². The smallest absolute Gasteiger partial charge is 0.121 e. The predicted octanol–water partition coefficient (Wildman–Crippen LogP) is 2.64. The maximum absolute atomic E-state index is 5.72. The lowest BCUT2D eigenvalue weighted by Gasteiger charge is -2.23. The predicted molar refractivity (Wildman–Crippen MR) is 84.1 cm³/mol. The average molecular weight is 280 g/mol. The Labute approximate surface area is 122 Å². The minimum atomic E-state index is 0.668. The first-order valence-electron chi connectivity index (χ1n) is 7.31. The van der Waals surface area contributed by atoms with Crippen LogP contribution in [0.5, 0.6) is 5.75 Å². The van der Waals surface area contributed by atoms with Crippen LogP contribution in [-0.2, 0) is 4.74 Å². The third-order valence-corrected chi connectivity index (χ3v) is 2.98. The Morgan fingerprint density at radius 3 is 2.65 bits per heavy atom. The summed E-state index contributed by atoms with van der Waals surface area (Å²) in [6, 6.07) is 7.57. The van der Waals surface area contributed by atoms with Crippen molar-refractivity contribution < 1.29 is 9.47 Å². The van der Waals surface area contributed by atoms with E-state index in [-0.39, 0.29) is 0 Å². The van der Waals surface area contributed by atoms with Gasteiger partial charge in [-0.25, -0.2) is 0 Å². The van der Waals surface area contributed by atoms with Crippen LogP contribution in [0.3, 0.4) is 0 Å². The van der Waals surface area contributed by atoms with Crippen molar-refractivity contribution in [3.05, 3.63) is 24.3 Å². The quantitative estimate of drug-likeness (QED) is 0.529. The normalized spacial score (nSPS) is 11.2. The minimum Gasteiger partial charge on any atom is -0.493 e. The van der Waals surface area contributed by atoms with Crippen molar-refractivity contribution in [3.63, 3.8) is 0 Å². The highest BCUT2D eigenvalue weighted by molar-refractivity contribution is 5.43. The lowest BCUT2D eigenvalue weighted by Crippen LogP contribution is -2.32. The van der Waals surface area contributed by atoms with E-state index in [1.165, 1.54) is 0 Å². The number of rotatable bonds is 10. The molecule has 0 aliphatic rings. The summed E-state index contributed by atoms with van der Waals surface area (Å²) in [4.78, 5) is 2.43. The van der Waals surface area contributed by atoms with Gasteiger partial charge in [-0.1, -0.05) is 19.9 Å². The Morgan fingerprint density at radius 2 is 2.00 bits per heavy atom. The molecule has 0 aliphatic heterocycles. The molecular weight excluding hydrogens is 252 g/mol. The molecule has 0 bridgehead atoms. The summed E-state index contributed by atoms with van der Waals surface area (Å²) in [6.07, 6.45) is 1.01. The Kier molecular flexibility index (Phi) is 8.07. The van der Waals surface area contributed by atoms with Crippen molar-refractivity contribution >= 4 is 5.69 Å². The fourth-order valence-electron chi connectivity index (χ4n) is 2.11. The number of hydrogen-bond donors (Lipinski definition) is 1. The third kappa shape index (κ3) is 7.36. The van der Waals surface area contributed by atoms with Crippen molar-refractivity contribution in [1.29, 1.82) is 0 Å². The van der Waals surface area contributed by atoms with E-state index in [0.29, 0.717) is 12.5 Å². The van der Waals surface area contributed by atoms with Crippen LogP contribution in [0, 0.1) is 5.92 Å². The van der Waals surface area contributed by atoms with E-state index in [9.17, 15) is 0 Å². The largest absolute Gasteiger partial charge is 0.493 e. The highest BCUT2D eigenvalue weighted by Crippen LogP contribution is 2.14. The molecule has 0 unspecified atom stereocenters. The monoisotopic (exact) mass is 280 g/mol. The Hall–Kier alpha value is -1.26. The molecule has 0 saturated heterocycles. The van der Waals surface area contributed by atoms with Crippen LogP contribution in [0.4, 0.5) is 5.69 Å². The van der Waals surface area contributed by atoms with Gasteiger partial charge in [0, 0.05) is 38.5 Å². The first kappa shape index (κ1) is 16.8. The second kappa shape index (κ2) is 9.61. The van der Waals surface area contributed by atoms with E-state index in [0.717, 1.165) is 44.1 Å². The van der Waals surface area contributed by atoms with Gasteiger partial charge in [0.2, 0.25) is 0 Å². The maximum Gasteiger partial charge on any atom is 0.121 e. The fourth-order valence-corrected chi connectivity index (χ4v) is 2.11. The molecule has 0 amide bonds. The fraction of sp³-hybridized carbons (Fsp3) is 0.625. The highest BCUT2D eigenvalue weighted by atomic mass is 16.5. The van der Waals surface area contributed by atoms with E-state index in [4.69, 9.17) is 15.2 Å². The lowest BCUT2D eigenvalue weighted by molar-refractivity contribution is 0.135. The van der Waals surface area contributed by atoms with Gasteiger partial charge in [0.1, 0.15) is 5.75 Å². The lowest BCUT2D eigenvalue weighted by atomic mass is 10.2. The van der Waals surface area contributed by atoms with Crippen LogP contribution in [-0.4, -0.2) is 44.9 Å². The summed E-state index contributed by atoms with van der Waals surface area (Å²) in [5.74, 6) is 1.51. The first-order chi connectivity index (χ1) is 9.61. The zero-order valence-electron chi connectivity index (χ0n) is 13.0. The van der Waals surface area contributed by atoms with Crippen LogP contribution in [0.1, 0.15) is 20.3 Å². The molecule has 4 heteroatoms. The SMILES string of the molecule is COCCN(CCCOc1cccc(N)c1)CC(C)C. The third-order valence-electron chi connectivity index (χ3n) is 2.98. The van der Waals surface area contributed by atoms with Crippen molar-refractivity contribution in [1.82, 2.24) is 4.90 Å². The summed E-state index contributed by atoms with van der Waals surface area (Å²) in [5, 5.41) is 0. The summed E-state index contributed by atoms with van der Waals surface area (Å²) in [5.41, 5.74) is 6.46. The van der Waals surface area contributed by atoms with Gasteiger partial charge in [-0.15, -0.1) is 0 Å². The number of methoxy groups -OCH3 is 1. The molecular formula is C16H28N2O2. The minimum absolute atomic E-state index is 0.668. The molecule has 1 rings (SSSR count). The number of anilines is 1. The molecule has 114 valence electrons. The van der Waals surface area contributed by atoms with E-state index in [2.05, 4.69) is 18.7 Å². The molecule has 0 heterocycles. The first-order valence-corrected chi connectivity index (χ1v) is 7.31. The molecule has 0 aromatic heterocycles. The molecule has 0 atom stereocenters. The van der Waals surface area contributed by atoms with Gasteiger partial charge in [0.25, 0.3) is 0 Å². The summed E-state index contributed by atoms with van der Waals surface area (Å²) >= 11 is 0. The Balaban J connectivity index is 2.25. The van der Waals surface area contributed by atoms with Crippen LogP contribution in [0.2, 0.25) is 0 Å². The van der Waals surface area contributed by atoms with Crippen molar-refractivity contribution in [2.24, 2.45) is 5.92 Å². The van der Waals surface area contributed by atoms with Crippen LogP contribution in [0.15, 0.2) is 24.3 Å². The van der Waals surface area contributed by atoms with Crippen molar-refractivity contribution in [2.75, 3.05) is 45.7 Å². The van der Waals surface area contributed by atoms with Crippen molar-refractivity contribution in [3.8, 4) is 5.75 Å². The molecule has 0 aliphatic carbocycles. The van der Waals surface area contributed by atoms with Crippen LogP contribution < -0.4 is 10.5 Å². The summed E-state index contributed by atoms with van der Waals surface area (Å²) in [7, 11) is 1.75. The van der Waals surface area contributed by atoms with E-state index in [1.807, 2.05) is 24.3 Å². The van der Waals surface area contributed by atoms with E-state index < -0.39 is 0 Å². The molecule has 1 aromatic carbocycles. The topological polar surface area (TPSA) is 47.7 Å². The number of nitrogens with two attached hydrogens (primary N) is 1. The van der Waals surface area contributed by atoms with Crippen LogP contribution in [0.25, 0.3) is 0 Å². The zero-order valence-corrected chi connectivity index (χ0v) is 13.0. The van der Waals surface area contributed by atoms with Gasteiger partial charge in [-0.05, 0) is 24.5 Å². The number of nitrogen functional groups attached to an aromatic ring is 1. The van der Waals surface area contributed by atoms with Gasteiger partial charge in [0.15, 0.2) is 0 Å². The van der Waals surface area contributed by atoms with Crippen molar-refractivity contribution in [2.45, 2.75) is 20.3 Å². The number of ether oxygens (including phenoxy) is 2. The van der Waals surface area contributed by atoms with Gasteiger partial charge in [-0.2, -0.15) is 0 Å². The number of hydrogen-bond acceptors (Lipinski definition) is 4. The Morgan fingerprint density at radius 1 is 1.20 bits per heavy atom. The van der Waals surface area contributed by atoms with Crippen LogP contribution >= 0.6 is 0 Å². The van der Waals surface area contributed by atoms with Gasteiger partial charge >= 0.3 is 0 Å². The molecule has 0 saturated carbocycles. The second-order valence-corrected chi connectivity index (χ2v) is 5.46. The number of nitrogens with zero attached hydrogens (tertiary/aromatic N) is 1. The molecule has 0 fully saturated rings. The standard InChI is InChI=1S/C16H28N2O2/c1-14(2)13-18(9-11-19-3)8-5-10-20-16-7-4-6-15(17)12-16/h4,6-7,12,14H,5,8-11,13,17H2,1-3H3. The van der Waals surface area contributed by atoms with E-state index in [1.54, 1.807) is 7.11 Å². The molecule has 0 spiro atoms.